The highest BCUT2D eigenvalue weighted by Gasteiger charge is 2.39. The number of pyridine rings is 1. The number of alkyl halides is 3. The summed E-state index contributed by atoms with van der Waals surface area (Å²) in [6, 6.07) is 8.52. The second kappa shape index (κ2) is 6.01. The van der Waals surface area contributed by atoms with Crippen LogP contribution in [0.3, 0.4) is 0 Å². The molecule has 1 aliphatic heterocycles. The molecule has 132 valence electrons. The number of aliphatic imine (C=N–C) groups is 1. The Balaban J connectivity index is 1.84. The monoisotopic (exact) mass is 361 g/mol. The van der Waals surface area contributed by atoms with Crippen LogP contribution in [0, 0.1) is 5.82 Å². The number of benzene rings is 1. The first kappa shape index (κ1) is 16.4. The van der Waals surface area contributed by atoms with Gasteiger partial charge in [-0.25, -0.2) is 14.1 Å². The molecule has 3 aromatic rings. The van der Waals surface area contributed by atoms with Gasteiger partial charge < -0.3 is 0 Å². The predicted molar refractivity (Wildman–Crippen MR) is 84.6 cm³/mol. The van der Waals surface area contributed by atoms with Crippen molar-refractivity contribution in [3.63, 3.8) is 0 Å². The van der Waals surface area contributed by atoms with E-state index in [0.29, 0.717) is 16.8 Å². The highest BCUT2D eigenvalue weighted by atomic mass is 19.4. The Labute approximate surface area is 145 Å². The number of halogens is 4. The normalized spacial score (nSPS) is 16.9. The molecule has 0 radical (unpaired) electrons. The minimum absolute atomic E-state index is 0.142. The molecule has 0 N–H and O–H groups in total. The molecule has 4 rings (SSSR count). The third-order valence-corrected chi connectivity index (χ3v) is 4.03. The van der Waals surface area contributed by atoms with Crippen LogP contribution in [0.15, 0.2) is 53.8 Å². The Bertz CT molecular complexity index is 961. The maximum atomic E-state index is 13.2. The van der Waals surface area contributed by atoms with E-state index in [4.69, 9.17) is 0 Å². The zero-order valence-electron chi connectivity index (χ0n) is 13.2. The third kappa shape index (κ3) is 2.96. The van der Waals surface area contributed by atoms with E-state index >= 15 is 0 Å². The van der Waals surface area contributed by atoms with Gasteiger partial charge >= 0.3 is 6.18 Å². The summed E-state index contributed by atoms with van der Waals surface area (Å²) < 4.78 is 53.4. The van der Waals surface area contributed by atoms with Gasteiger partial charge in [0.05, 0.1) is 11.8 Å². The average Bonchev–Trinajstić information content (AvgIpc) is 3.07. The van der Waals surface area contributed by atoms with Gasteiger partial charge in [-0.15, -0.1) is 5.10 Å². The molecular weight excluding hydrogens is 350 g/mol. The summed E-state index contributed by atoms with van der Waals surface area (Å²) in [6.07, 6.45) is -1.25. The summed E-state index contributed by atoms with van der Waals surface area (Å²) >= 11 is 0. The van der Waals surface area contributed by atoms with Crippen molar-refractivity contribution in [1.82, 2.24) is 19.7 Å². The Hall–Kier alpha value is -3.10. The molecule has 5 nitrogen and oxygen atoms in total. The predicted octanol–water partition coefficient (Wildman–Crippen LogP) is 3.94. The molecule has 1 atom stereocenters. The molecule has 3 heterocycles. The zero-order chi connectivity index (χ0) is 18.3. The number of hydrogen-bond donors (Lipinski definition) is 0. The van der Waals surface area contributed by atoms with Crippen LogP contribution in [0.1, 0.15) is 29.4 Å². The lowest BCUT2D eigenvalue weighted by Gasteiger charge is -2.23. The second-order valence-electron chi connectivity index (χ2n) is 5.75. The van der Waals surface area contributed by atoms with E-state index in [-0.39, 0.29) is 12.4 Å². The van der Waals surface area contributed by atoms with Crippen LogP contribution in [0.2, 0.25) is 0 Å². The van der Waals surface area contributed by atoms with Gasteiger partial charge in [-0.05, 0) is 29.3 Å². The van der Waals surface area contributed by atoms with Gasteiger partial charge in [0.25, 0.3) is 5.82 Å². The van der Waals surface area contributed by atoms with Crippen LogP contribution in [-0.4, -0.2) is 25.5 Å². The Morgan fingerprint density at radius 2 is 1.85 bits per heavy atom. The minimum atomic E-state index is -4.67. The summed E-state index contributed by atoms with van der Waals surface area (Å²) in [6.45, 7) is 0. The third-order valence-electron chi connectivity index (χ3n) is 4.03. The van der Waals surface area contributed by atoms with Crippen molar-refractivity contribution in [3.05, 3.63) is 71.6 Å². The van der Waals surface area contributed by atoms with Crippen molar-refractivity contribution in [2.24, 2.45) is 4.99 Å². The van der Waals surface area contributed by atoms with Crippen molar-refractivity contribution in [2.75, 3.05) is 0 Å². The molecule has 0 aliphatic carbocycles. The van der Waals surface area contributed by atoms with Gasteiger partial charge in [-0.2, -0.15) is 18.2 Å². The molecule has 0 bridgehead atoms. The number of aromatic nitrogens is 4. The molecule has 0 saturated carbocycles. The van der Waals surface area contributed by atoms with Crippen LogP contribution in [0.4, 0.5) is 23.5 Å². The second-order valence-corrected chi connectivity index (χ2v) is 5.75. The van der Waals surface area contributed by atoms with Crippen molar-refractivity contribution >= 4 is 11.7 Å². The average molecular weight is 361 g/mol. The minimum Gasteiger partial charge on any atom is -0.264 e. The number of nitrogens with zero attached hydrogens (tertiary/aromatic N) is 5. The molecule has 1 unspecified atom stereocenters. The highest BCUT2D eigenvalue weighted by Crippen LogP contribution is 2.35. The van der Waals surface area contributed by atoms with Crippen LogP contribution < -0.4 is 0 Å². The van der Waals surface area contributed by atoms with Crippen LogP contribution in [-0.2, 0) is 6.18 Å². The summed E-state index contributed by atoms with van der Waals surface area (Å²) in [5.41, 5.74) is 1.80. The standard InChI is InChI=1S/C17H11F4N5/c18-12-5-3-10(4-6-12)13-8-14(11-2-1-7-22-9-11)26-16(23-13)24-15(25-26)17(19,20)21/h1-7,9,14H,8H2. The molecule has 9 heteroatoms. The van der Waals surface area contributed by atoms with Crippen LogP contribution in [0.5, 0.6) is 0 Å². The van der Waals surface area contributed by atoms with Gasteiger partial charge in [-0.3, -0.25) is 4.98 Å². The Morgan fingerprint density at radius 1 is 1.08 bits per heavy atom. The number of fused-ring (bicyclic) bond motifs is 1. The number of rotatable bonds is 2. The SMILES string of the molecule is Fc1ccc(C2=Nc3nc(C(F)(F)F)nn3C(c3cccnc3)C2)cc1. The van der Waals surface area contributed by atoms with Gasteiger partial charge in [0.15, 0.2) is 0 Å². The lowest BCUT2D eigenvalue weighted by Crippen LogP contribution is -2.21. The van der Waals surface area contributed by atoms with E-state index < -0.39 is 23.9 Å². The largest absolute Gasteiger partial charge is 0.453 e. The lowest BCUT2D eigenvalue weighted by molar-refractivity contribution is -0.145. The topological polar surface area (TPSA) is 56.0 Å². The first-order valence-corrected chi connectivity index (χ1v) is 7.69. The molecule has 0 amide bonds. The van der Waals surface area contributed by atoms with Crippen molar-refractivity contribution in [3.8, 4) is 0 Å². The molecule has 0 spiro atoms. The zero-order valence-corrected chi connectivity index (χ0v) is 13.2. The first-order valence-electron chi connectivity index (χ1n) is 7.69. The maximum absolute atomic E-state index is 13.2. The number of hydrogen-bond acceptors (Lipinski definition) is 4. The van der Waals surface area contributed by atoms with Crippen LogP contribution >= 0.6 is 0 Å². The molecule has 2 aromatic heterocycles. The van der Waals surface area contributed by atoms with Crippen molar-refractivity contribution in [1.29, 1.82) is 0 Å². The quantitative estimate of drug-likeness (QED) is 0.650. The molecule has 0 saturated heterocycles. The molecule has 0 fully saturated rings. The van der Waals surface area contributed by atoms with Gasteiger partial charge in [0.2, 0.25) is 5.95 Å². The fourth-order valence-electron chi connectivity index (χ4n) is 2.81. The lowest BCUT2D eigenvalue weighted by atomic mass is 9.97. The van der Waals surface area contributed by atoms with Crippen LogP contribution in [0.25, 0.3) is 0 Å². The summed E-state index contributed by atoms with van der Waals surface area (Å²) in [5, 5.41) is 3.61. The van der Waals surface area contributed by atoms with E-state index in [2.05, 4.69) is 20.1 Å². The fraction of sp³-hybridized carbons (Fsp3) is 0.176. The van der Waals surface area contributed by atoms with Crippen molar-refractivity contribution < 1.29 is 17.6 Å². The summed E-state index contributed by atoms with van der Waals surface area (Å²) in [7, 11) is 0. The summed E-state index contributed by atoms with van der Waals surface area (Å²) in [5.74, 6) is -1.79. The van der Waals surface area contributed by atoms with Crippen molar-refractivity contribution in [2.45, 2.75) is 18.6 Å². The van der Waals surface area contributed by atoms with E-state index in [1.165, 1.54) is 24.3 Å². The Kier molecular flexibility index (Phi) is 3.78. The Morgan fingerprint density at radius 3 is 2.50 bits per heavy atom. The molecular formula is C17H11F4N5. The van der Waals surface area contributed by atoms with E-state index in [0.717, 1.165) is 4.68 Å². The molecule has 26 heavy (non-hydrogen) atoms. The van der Waals surface area contributed by atoms with Gasteiger partial charge in [0, 0.05) is 18.8 Å². The fourth-order valence-corrected chi connectivity index (χ4v) is 2.81. The smallest absolute Gasteiger partial charge is 0.264 e. The maximum Gasteiger partial charge on any atom is 0.453 e. The van der Waals surface area contributed by atoms with E-state index in [1.807, 2.05) is 0 Å². The highest BCUT2D eigenvalue weighted by molar-refractivity contribution is 6.02. The van der Waals surface area contributed by atoms with E-state index in [1.54, 1.807) is 24.5 Å². The van der Waals surface area contributed by atoms with E-state index in [9.17, 15) is 17.6 Å². The molecule has 1 aliphatic rings. The van der Waals surface area contributed by atoms with Gasteiger partial charge in [-0.1, -0.05) is 18.2 Å². The van der Waals surface area contributed by atoms with Gasteiger partial charge in [0.1, 0.15) is 5.82 Å². The summed E-state index contributed by atoms with van der Waals surface area (Å²) in [4.78, 5) is 11.8. The first-order chi connectivity index (χ1) is 12.4. The molecule has 1 aromatic carbocycles.